The van der Waals surface area contributed by atoms with Gasteiger partial charge in [-0.1, -0.05) is 18.2 Å². The Hall–Kier alpha value is -1.68. The van der Waals surface area contributed by atoms with Crippen molar-refractivity contribution in [2.45, 2.75) is 4.90 Å². The number of benzene rings is 2. The van der Waals surface area contributed by atoms with Crippen LogP contribution in [0.2, 0.25) is 0 Å². The number of hydrogen-bond donors (Lipinski definition) is 1. The fourth-order valence-corrected chi connectivity index (χ4v) is 2.26. The third-order valence-corrected chi connectivity index (χ3v) is 3.38. The normalized spacial score (nSPS) is 10.3. The van der Waals surface area contributed by atoms with Crippen LogP contribution in [0.5, 0.6) is 5.75 Å². The molecule has 0 aliphatic rings. The molecular weight excluding hydrogens is 249 g/mol. The minimum absolute atomic E-state index is 0.308. The van der Waals surface area contributed by atoms with Gasteiger partial charge in [0.25, 0.3) is 0 Å². The SMILES string of the molecule is Nc1cc(F)ccc1SCCOc1ccccc1. The van der Waals surface area contributed by atoms with Gasteiger partial charge in [0.15, 0.2) is 0 Å². The highest BCUT2D eigenvalue weighted by molar-refractivity contribution is 7.99. The number of ether oxygens (including phenoxy) is 1. The summed E-state index contributed by atoms with van der Waals surface area (Å²) in [6, 6.07) is 14.1. The van der Waals surface area contributed by atoms with Crippen molar-refractivity contribution >= 4 is 17.4 Å². The van der Waals surface area contributed by atoms with Crippen LogP contribution in [-0.2, 0) is 0 Å². The maximum atomic E-state index is 12.8. The number of hydrogen-bond acceptors (Lipinski definition) is 3. The van der Waals surface area contributed by atoms with Crippen LogP contribution < -0.4 is 10.5 Å². The van der Waals surface area contributed by atoms with E-state index in [0.717, 1.165) is 16.4 Å². The van der Waals surface area contributed by atoms with Crippen molar-refractivity contribution in [3.8, 4) is 5.75 Å². The van der Waals surface area contributed by atoms with E-state index in [1.54, 1.807) is 17.8 Å². The molecule has 0 aromatic heterocycles. The number of anilines is 1. The highest BCUT2D eigenvalue weighted by Gasteiger charge is 2.01. The Morgan fingerprint density at radius 2 is 1.89 bits per heavy atom. The van der Waals surface area contributed by atoms with Gasteiger partial charge in [0.1, 0.15) is 11.6 Å². The minimum atomic E-state index is -0.308. The Morgan fingerprint density at radius 1 is 1.11 bits per heavy atom. The predicted molar refractivity (Wildman–Crippen MR) is 73.5 cm³/mol. The molecule has 2 rings (SSSR count). The lowest BCUT2D eigenvalue weighted by atomic mass is 10.3. The van der Waals surface area contributed by atoms with Gasteiger partial charge in [0.2, 0.25) is 0 Å². The van der Waals surface area contributed by atoms with Gasteiger partial charge in [-0.3, -0.25) is 0 Å². The number of thioether (sulfide) groups is 1. The zero-order valence-electron chi connectivity index (χ0n) is 9.80. The topological polar surface area (TPSA) is 35.2 Å². The van der Waals surface area contributed by atoms with E-state index in [1.165, 1.54) is 12.1 Å². The maximum absolute atomic E-state index is 12.8. The molecule has 0 saturated heterocycles. The van der Waals surface area contributed by atoms with E-state index < -0.39 is 0 Å². The summed E-state index contributed by atoms with van der Waals surface area (Å²) in [6.45, 7) is 0.589. The van der Waals surface area contributed by atoms with Crippen LogP contribution in [0.1, 0.15) is 0 Å². The molecule has 0 spiro atoms. The fraction of sp³-hybridized carbons (Fsp3) is 0.143. The molecule has 0 aliphatic heterocycles. The fourth-order valence-electron chi connectivity index (χ4n) is 1.48. The van der Waals surface area contributed by atoms with Crippen LogP contribution >= 0.6 is 11.8 Å². The first-order valence-electron chi connectivity index (χ1n) is 5.61. The summed E-state index contributed by atoms with van der Waals surface area (Å²) in [6.07, 6.45) is 0. The van der Waals surface area contributed by atoms with Crippen LogP contribution in [0.4, 0.5) is 10.1 Å². The molecule has 0 fully saturated rings. The van der Waals surface area contributed by atoms with Gasteiger partial charge in [-0.15, -0.1) is 11.8 Å². The molecule has 2 aromatic rings. The van der Waals surface area contributed by atoms with Crippen LogP contribution in [0.3, 0.4) is 0 Å². The molecule has 0 heterocycles. The third kappa shape index (κ3) is 3.67. The van der Waals surface area contributed by atoms with E-state index >= 15 is 0 Å². The molecule has 0 aliphatic carbocycles. The van der Waals surface area contributed by atoms with E-state index in [1.807, 2.05) is 30.3 Å². The van der Waals surface area contributed by atoms with E-state index in [4.69, 9.17) is 10.5 Å². The van der Waals surface area contributed by atoms with Gasteiger partial charge in [-0.2, -0.15) is 0 Å². The standard InChI is InChI=1S/C14H14FNOS/c15-11-6-7-14(13(16)10-11)18-9-8-17-12-4-2-1-3-5-12/h1-7,10H,8-9,16H2. The van der Waals surface area contributed by atoms with Gasteiger partial charge in [0.05, 0.1) is 6.61 Å². The van der Waals surface area contributed by atoms with Crippen molar-refractivity contribution in [2.24, 2.45) is 0 Å². The quantitative estimate of drug-likeness (QED) is 0.509. The Balaban J connectivity index is 1.79. The third-order valence-electron chi connectivity index (χ3n) is 2.32. The molecule has 2 N–H and O–H groups in total. The van der Waals surface area contributed by atoms with Gasteiger partial charge in [0, 0.05) is 16.3 Å². The Kier molecular flexibility index (Phi) is 4.47. The van der Waals surface area contributed by atoms with Crippen LogP contribution in [0.15, 0.2) is 53.4 Å². The summed E-state index contributed by atoms with van der Waals surface area (Å²) >= 11 is 1.56. The van der Waals surface area contributed by atoms with Crippen molar-refractivity contribution in [1.29, 1.82) is 0 Å². The maximum Gasteiger partial charge on any atom is 0.125 e. The smallest absolute Gasteiger partial charge is 0.125 e. The van der Waals surface area contributed by atoms with Crippen molar-refractivity contribution < 1.29 is 9.13 Å². The lowest BCUT2D eigenvalue weighted by Crippen LogP contribution is -2.00. The van der Waals surface area contributed by atoms with E-state index in [0.29, 0.717) is 12.3 Å². The molecule has 18 heavy (non-hydrogen) atoms. The van der Waals surface area contributed by atoms with Crippen LogP contribution in [0, 0.1) is 5.82 Å². The Morgan fingerprint density at radius 3 is 2.61 bits per heavy atom. The average Bonchev–Trinajstić information content (AvgIpc) is 2.38. The minimum Gasteiger partial charge on any atom is -0.493 e. The molecule has 0 radical (unpaired) electrons. The first kappa shape index (κ1) is 12.8. The molecule has 4 heteroatoms. The molecule has 0 saturated carbocycles. The first-order chi connectivity index (χ1) is 8.75. The Labute approximate surface area is 110 Å². The van der Waals surface area contributed by atoms with Crippen molar-refractivity contribution in [2.75, 3.05) is 18.1 Å². The molecule has 0 bridgehead atoms. The van der Waals surface area contributed by atoms with E-state index in [9.17, 15) is 4.39 Å². The molecular formula is C14H14FNOS. The van der Waals surface area contributed by atoms with Gasteiger partial charge < -0.3 is 10.5 Å². The number of nitrogens with two attached hydrogens (primary N) is 1. The summed E-state index contributed by atoms with van der Waals surface area (Å²) in [7, 11) is 0. The highest BCUT2D eigenvalue weighted by Crippen LogP contribution is 2.25. The average molecular weight is 263 g/mol. The largest absolute Gasteiger partial charge is 0.493 e. The summed E-state index contributed by atoms with van der Waals surface area (Å²) in [5.74, 6) is 1.31. The monoisotopic (exact) mass is 263 g/mol. The second-order valence-corrected chi connectivity index (χ2v) is 4.83. The number of para-hydroxylation sites is 1. The first-order valence-corrected chi connectivity index (χ1v) is 6.60. The van der Waals surface area contributed by atoms with Crippen molar-refractivity contribution in [3.63, 3.8) is 0 Å². The van der Waals surface area contributed by atoms with Gasteiger partial charge in [-0.25, -0.2) is 4.39 Å². The van der Waals surface area contributed by atoms with E-state index in [-0.39, 0.29) is 5.82 Å². The highest BCUT2D eigenvalue weighted by atomic mass is 32.2. The molecule has 2 nitrogen and oxygen atoms in total. The zero-order valence-corrected chi connectivity index (χ0v) is 10.6. The molecule has 2 aromatic carbocycles. The predicted octanol–water partition coefficient (Wildman–Crippen LogP) is 3.58. The number of nitrogen functional groups attached to an aromatic ring is 1. The van der Waals surface area contributed by atoms with Gasteiger partial charge in [-0.05, 0) is 30.3 Å². The van der Waals surface area contributed by atoms with Gasteiger partial charge >= 0.3 is 0 Å². The number of rotatable bonds is 5. The van der Waals surface area contributed by atoms with E-state index in [2.05, 4.69) is 0 Å². The van der Waals surface area contributed by atoms with Crippen LogP contribution in [-0.4, -0.2) is 12.4 Å². The summed E-state index contributed by atoms with van der Waals surface area (Å²) in [4.78, 5) is 0.882. The number of halogens is 1. The van der Waals surface area contributed by atoms with Crippen molar-refractivity contribution in [1.82, 2.24) is 0 Å². The Bertz CT molecular complexity index is 504. The van der Waals surface area contributed by atoms with Crippen LogP contribution in [0.25, 0.3) is 0 Å². The molecule has 94 valence electrons. The second kappa shape index (κ2) is 6.31. The molecule has 0 unspecified atom stereocenters. The lowest BCUT2D eigenvalue weighted by molar-refractivity contribution is 0.344. The molecule has 0 amide bonds. The zero-order chi connectivity index (χ0) is 12.8. The lowest BCUT2D eigenvalue weighted by Gasteiger charge is -2.07. The summed E-state index contributed by atoms with van der Waals surface area (Å²) in [5, 5.41) is 0. The summed E-state index contributed by atoms with van der Waals surface area (Å²) < 4.78 is 18.4. The van der Waals surface area contributed by atoms with Crippen molar-refractivity contribution in [3.05, 3.63) is 54.3 Å². The summed E-state index contributed by atoms with van der Waals surface area (Å²) in [5.41, 5.74) is 6.19. The second-order valence-electron chi connectivity index (χ2n) is 3.69. The molecule has 0 atom stereocenters.